The highest BCUT2D eigenvalue weighted by molar-refractivity contribution is 5.91. The summed E-state index contributed by atoms with van der Waals surface area (Å²) in [4.78, 5) is 13.7. The Morgan fingerprint density at radius 2 is 1.71 bits per heavy atom. The summed E-state index contributed by atoms with van der Waals surface area (Å²) in [5.41, 5.74) is 2.43. The molecule has 1 aliphatic carbocycles. The summed E-state index contributed by atoms with van der Waals surface area (Å²) in [6.07, 6.45) is 8.79. The fourth-order valence-electron chi connectivity index (χ4n) is 5.49. The van der Waals surface area contributed by atoms with Crippen molar-refractivity contribution in [2.24, 2.45) is 5.41 Å². The van der Waals surface area contributed by atoms with Gasteiger partial charge in [-0.05, 0) is 49.3 Å². The van der Waals surface area contributed by atoms with Gasteiger partial charge in [-0.15, -0.1) is 0 Å². The Bertz CT molecular complexity index is 840. The standard InChI is InChI=1S/C24H29NO3/c1-17-24(13-7-2-3-8-14-24)16-21(18-9-5-4-6-10-18)25(17)19-11-12-20(23(27)28)22(26)15-19/h4-6,9-12,15,17,21,26H,2-3,7-8,13-14,16H2,1H3,(H,27,28). The number of rotatable bonds is 3. The minimum atomic E-state index is -1.10. The zero-order valence-electron chi connectivity index (χ0n) is 16.5. The monoisotopic (exact) mass is 379 g/mol. The van der Waals surface area contributed by atoms with E-state index >= 15 is 0 Å². The molecule has 1 saturated heterocycles. The topological polar surface area (TPSA) is 60.8 Å². The lowest BCUT2D eigenvalue weighted by Gasteiger charge is -2.37. The lowest BCUT2D eigenvalue weighted by molar-refractivity contribution is 0.0694. The number of benzene rings is 2. The molecule has 4 heteroatoms. The molecular weight excluding hydrogens is 350 g/mol. The first-order valence-electron chi connectivity index (χ1n) is 10.4. The zero-order chi connectivity index (χ0) is 19.7. The van der Waals surface area contributed by atoms with Crippen molar-refractivity contribution in [2.45, 2.75) is 64.0 Å². The van der Waals surface area contributed by atoms with Crippen LogP contribution in [0.15, 0.2) is 48.5 Å². The number of carboxylic acid groups (broad SMARTS) is 1. The van der Waals surface area contributed by atoms with Crippen molar-refractivity contribution in [2.75, 3.05) is 4.90 Å². The molecule has 2 aromatic rings. The van der Waals surface area contributed by atoms with Crippen molar-refractivity contribution in [3.05, 3.63) is 59.7 Å². The normalized spacial score (nSPS) is 24.2. The van der Waals surface area contributed by atoms with Gasteiger partial charge in [-0.3, -0.25) is 0 Å². The molecule has 1 saturated carbocycles. The van der Waals surface area contributed by atoms with Gasteiger partial charge in [-0.25, -0.2) is 4.79 Å². The summed E-state index contributed by atoms with van der Waals surface area (Å²) in [5, 5.41) is 19.6. The molecule has 2 fully saturated rings. The Hall–Kier alpha value is -2.49. The van der Waals surface area contributed by atoms with E-state index in [0.29, 0.717) is 6.04 Å². The highest BCUT2D eigenvalue weighted by atomic mass is 16.4. The maximum atomic E-state index is 11.3. The molecule has 2 aliphatic rings. The van der Waals surface area contributed by atoms with Crippen LogP contribution < -0.4 is 4.90 Å². The van der Waals surface area contributed by atoms with E-state index in [4.69, 9.17) is 0 Å². The summed E-state index contributed by atoms with van der Waals surface area (Å²) in [7, 11) is 0. The van der Waals surface area contributed by atoms with E-state index in [1.54, 1.807) is 6.07 Å². The number of phenols is 1. The van der Waals surface area contributed by atoms with Crippen molar-refractivity contribution in [1.82, 2.24) is 0 Å². The third-order valence-electron chi connectivity index (χ3n) is 7.03. The molecule has 2 aromatic carbocycles. The first-order chi connectivity index (χ1) is 13.5. The highest BCUT2D eigenvalue weighted by Crippen LogP contribution is 2.55. The Labute approximate surface area is 166 Å². The molecule has 1 aliphatic heterocycles. The smallest absolute Gasteiger partial charge is 0.339 e. The van der Waals surface area contributed by atoms with Gasteiger partial charge >= 0.3 is 5.97 Å². The number of aromatic hydroxyl groups is 1. The van der Waals surface area contributed by atoms with Gasteiger partial charge in [0, 0.05) is 17.8 Å². The SMILES string of the molecule is CC1N(c2ccc(C(=O)O)c(O)c2)C(c2ccccc2)CC12CCCCCC2. The van der Waals surface area contributed by atoms with Crippen LogP contribution in [-0.4, -0.2) is 22.2 Å². The van der Waals surface area contributed by atoms with E-state index in [1.165, 1.54) is 50.2 Å². The van der Waals surface area contributed by atoms with E-state index in [-0.39, 0.29) is 22.8 Å². The maximum absolute atomic E-state index is 11.3. The number of carboxylic acids is 1. The summed E-state index contributed by atoms with van der Waals surface area (Å²) in [5.74, 6) is -1.26. The van der Waals surface area contributed by atoms with Crippen molar-refractivity contribution in [1.29, 1.82) is 0 Å². The van der Waals surface area contributed by atoms with E-state index in [9.17, 15) is 15.0 Å². The van der Waals surface area contributed by atoms with Gasteiger partial charge in [-0.2, -0.15) is 0 Å². The molecule has 2 N–H and O–H groups in total. The first kappa shape index (κ1) is 18.9. The van der Waals surface area contributed by atoms with Crippen molar-refractivity contribution < 1.29 is 15.0 Å². The molecule has 2 unspecified atom stereocenters. The van der Waals surface area contributed by atoms with Crippen LogP contribution in [0.4, 0.5) is 5.69 Å². The number of aromatic carboxylic acids is 1. The molecule has 0 aromatic heterocycles. The largest absolute Gasteiger partial charge is 0.507 e. The van der Waals surface area contributed by atoms with Crippen LogP contribution in [0.1, 0.15) is 73.8 Å². The molecule has 4 rings (SSSR count). The molecule has 4 nitrogen and oxygen atoms in total. The van der Waals surface area contributed by atoms with Crippen molar-refractivity contribution >= 4 is 11.7 Å². The molecule has 1 spiro atoms. The van der Waals surface area contributed by atoms with Crippen molar-refractivity contribution in [3.8, 4) is 5.75 Å². The second-order valence-electron chi connectivity index (χ2n) is 8.50. The maximum Gasteiger partial charge on any atom is 0.339 e. The zero-order valence-corrected chi connectivity index (χ0v) is 16.5. The predicted molar refractivity (Wildman–Crippen MR) is 111 cm³/mol. The average molecular weight is 380 g/mol. The molecule has 0 bridgehead atoms. The Kier molecular flexibility index (Phi) is 5.05. The lowest BCUT2D eigenvalue weighted by atomic mass is 9.73. The van der Waals surface area contributed by atoms with Gasteiger partial charge in [0.15, 0.2) is 0 Å². The number of anilines is 1. The molecule has 2 atom stereocenters. The van der Waals surface area contributed by atoms with Crippen LogP contribution >= 0.6 is 0 Å². The minimum Gasteiger partial charge on any atom is -0.507 e. The van der Waals surface area contributed by atoms with Crippen LogP contribution in [0.3, 0.4) is 0 Å². The van der Waals surface area contributed by atoms with Crippen LogP contribution in [0.5, 0.6) is 5.75 Å². The van der Waals surface area contributed by atoms with Gasteiger partial charge in [0.05, 0.1) is 6.04 Å². The molecule has 148 valence electrons. The van der Waals surface area contributed by atoms with Gasteiger partial charge in [0.25, 0.3) is 0 Å². The Balaban J connectivity index is 1.77. The van der Waals surface area contributed by atoms with Crippen LogP contribution in [0, 0.1) is 5.41 Å². The summed E-state index contributed by atoms with van der Waals surface area (Å²) >= 11 is 0. The number of hydrogen-bond donors (Lipinski definition) is 2. The van der Waals surface area contributed by atoms with E-state index in [1.807, 2.05) is 12.1 Å². The first-order valence-corrected chi connectivity index (χ1v) is 10.4. The molecular formula is C24H29NO3. The van der Waals surface area contributed by atoms with Crippen LogP contribution in [-0.2, 0) is 0 Å². The molecule has 0 radical (unpaired) electrons. The number of carbonyl (C=O) groups is 1. The lowest BCUT2D eigenvalue weighted by Crippen LogP contribution is -2.37. The van der Waals surface area contributed by atoms with Gasteiger partial charge in [-0.1, -0.05) is 56.0 Å². The third kappa shape index (κ3) is 3.25. The Morgan fingerprint density at radius 3 is 2.32 bits per heavy atom. The third-order valence-corrected chi connectivity index (χ3v) is 7.03. The predicted octanol–water partition coefficient (Wildman–Crippen LogP) is 5.77. The quantitative estimate of drug-likeness (QED) is 0.710. The summed E-state index contributed by atoms with van der Waals surface area (Å²) < 4.78 is 0. The van der Waals surface area contributed by atoms with Gasteiger partial charge in [0.1, 0.15) is 11.3 Å². The van der Waals surface area contributed by atoms with Gasteiger partial charge in [0.2, 0.25) is 0 Å². The Morgan fingerprint density at radius 1 is 1.04 bits per heavy atom. The summed E-state index contributed by atoms with van der Waals surface area (Å²) in [6, 6.07) is 16.2. The second kappa shape index (κ2) is 7.50. The number of hydrogen-bond acceptors (Lipinski definition) is 3. The fourth-order valence-corrected chi connectivity index (χ4v) is 5.49. The summed E-state index contributed by atoms with van der Waals surface area (Å²) in [6.45, 7) is 2.32. The molecule has 28 heavy (non-hydrogen) atoms. The number of nitrogens with zero attached hydrogens (tertiary/aromatic N) is 1. The highest BCUT2D eigenvalue weighted by Gasteiger charge is 2.49. The fraction of sp³-hybridized carbons (Fsp3) is 0.458. The van der Waals surface area contributed by atoms with Crippen LogP contribution in [0.25, 0.3) is 0 Å². The molecule has 1 heterocycles. The second-order valence-corrected chi connectivity index (χ2v) is 8.50. The average Bonchev–Trinajstić information content (AvgIpc) is 2.83. The van der Waals surface area contributed by atoms with E-state index in [2.05, 4.69) is 36.1 Å². The van der Waals surface area contributed by atoms with Crippen LogP contribution in [0.2, 0.25) is 0 Å². The van der Waals surface area contributed by atoms with Crippen molar-refractivity contribution in [3.63, 3.8) is 0 Å². The van der Waals surface area contributed by atoms with E-state index < -0.39 is 5.97 Å². The molecule has 0 amide bonds. The van der Waals surface area contributed by atoms with E-state index in [0.717, 1.165) is 12.1 Å². The minimum absolute atomic E-state index is 0.0453. The van der Waals surface area contributed by atoms with Gasteiger partial charge < -0.3 is 15.1 Å².